The first-order valence-corrected chi connectivity index (χ1v) is 7.67. The molecule has 2 aromatic rings. The molecule has 5 nitrogen and oxygen atoms in total. The van der Waals surface area contributed by atoms with Gasteiger partial charge >= 0.3 is 5.97 Å². The van der Waals surface area contributed by atoms with Gasteiger partial charge < -0.3 is 14.8 Å². The molecule has 2 rings (SSSR count). The first-order valence-electron chi connectivity index (χ1n) is 7.67. The zero-order valence-corrected chi connectivity index (χ0v) is 13.8. The highest BCUT2D eigenvalue weighted by Crippen LogP contribution is 2.19. The molecule has 0 aromatic heterocycles. The molecule has 1 N–H and O–H groups in total. The highest BCUT2D eigenvalue weighted by Gasteiger charge is 2.23. The van der Waals surface area contributed by atoms with E-state index in [0.717, 1.165) is 11.1 Å². The number of amides is 1. The SMILES string of the molecule is COC(=O)[C@H](Cc1ccccc1OC)NC(=O)Cc1ccccc1. The minimum Gasteiger partial charge on any atom is -0.496 e. The lowest BCUT2D eigenvalue weighted by atomic mass is 10.0. The summed E-state index contributed by atoms with van der Waals surface area (Å²) in [5, 5.41) is 2.75. The largest absolute Gasteiger partial charge is 0.496 e. The third kappa shape index (κ3) is 4.84. The van der Waals surface area contributed by atoms with Crippen molar-refractivity contribution in [1.82, 2.24) is 5.32 Å². The van der Waals surface area contributed by atoms with Gasteiger partial charge in [0.1, 0.15) is 11.8 Å². The van der Waals surface area contributed by atoms with Crippen LogP contribution in [-0.2, 0) is 27.2 Å². The zero-order chi connectivity index (χ0) is 17.4. The molecule has 126 valence electrons. The second-order valence-corrected chi connectivity index (χ2v) is 5.32. The van der Waals surface area contributed by atoms with Crippen molar-refractivity contribution in [3.8, 4) is 5.75 Å². The molecular formula is C19H21NO4. The summed E-state index contributed by atoms with van der Waals surface area (Å²) in [6, 6.07) is 16.0. The summed E-state index contributed by atoms with van der Waals surface area (Å²) >= 11 is 0. The molecule has 0 unspecified atom stereocenters. The molecule has 0 saturated carbocycles. The lowest BCUT2D eigenvalue weighted by molar-refractivity contribution is -0.145. The standard InChI is InChI=1S/C19H21NO4/c1-23-17-11-7-6-10-15(17)13-16(19(22)24-2)20-18(21)12-14-8-4-3-5-9-14/h3-11,16H,12-13H2,1-2H3,(H,20,21)/t16-/m0/s1. The Kier molecular flexibility index (Phi) is 6.37. The number of hydrogen-bond acceptors (Lipinski definition) is 4. The van der Waals surface area contributed by atoms with E-state index < -0.39 is 12.0 Å². The summed E-state index contributed by atoms with van der Waals surface area (Å²) < 4.78 is 10.1. The molecule has 0 aliphatic carbocycles. The van der Waals surface area contributed by atoms with Crippen molar-refractivity contribution >= 4 is 11.9 Å². The Balaban J connectivity index is 2.08. The third-order valence-electron chi connectivity index (χ3n) is 3.64. The van der Waals surface area contributed by atoms with Crippen molar-refractivity contribution in [2.45, 2.75) is 18.9 Å². The Hall–Kier alpha value is -2.82. The quantitative estimate of drug-likeness (QED) is 0.791. The number of rotatable bonds is 7. The van der Waals surface area contributed by atoms with E-state index in [2.05, 4.69) is 5.32 Å². The van der Waals surface area contributed by atoms with Crippen LogP contribution in [0.15, 0.2) is 54.6 Å². The van der Waals surface area contributed by atoms with Crippen molar-refractivity contribution in [2.75, 3.05) is 14.2 Å². The summed E-state index contributed by atoms with van der Waals surface area (Å²) in [6.45, 7) is 0. The maximum Gasteiger partial charge on any atom is 0.328 e. The van der Waals surface area contributed by atoms with Crippen LogP contribution in [-0.4, -0.2) is 32.1 Å². The highest BCUT2D eigenvalue weighted by molar-refractivity contribution is 5.85. The van der Waals surface area contributed by atoms with Crippen LogP contribution in [0.5, 0.6) is 5.75 Å². The summed E-state index contributed by atoms with van der Waals surface area (Å²) in [5.74, 6) is -0.0440. The van der Waals surface area contributed by atoms with Crippen molar-refractivity contribution in [3.63, 3.8) is 0 Å². The van der Waals surface area contributed by atoms with Crippen molar-refractivity contribution in [2.24, 2.45) is 0 Å². The number of methoxy groups -OCH3 is 2. The first-order chi connectivity index (χ1) is 11.6. The number of ether oxygens (including phenoxy) is 2. The van der Waals surface area contributed by atoms with Crippen LogP contribution < -0.4 is 10.1 Å². The topological polar surface area (TPSA) is 64.6 Å². The van der Waals surface area contributed by atoms with Crippen LogP contribution in [0.2, 0.25) is 0 Å². The number of benzene rings is 2. The molecule has 1 atom stereocenters. The van der Waals surface area contributed by atoms with Gasteiger partial charge in [0, 0.05) is 6.42 Å². The second kappa shape index (κ2) is 8.72. The van der Waals surface area contributed by atoms with E-state index in [0.29, 0.717) is 12.2 Å². The second-order valence-electron chi connectivity index (χ2n) is 5.32. The van der Waals surface area contributed by atoms with Crippen LogP contribution in [0.3, 0.4) is 0 Å². The average molecular weight is 327 g/mol. The van der Waals surface area contributed by atoms with Crippen LogP contribution in [0.25, 0.3) is 0 Å². The van der Waals surface area contributed by atoms with Crippen molar-refractivity contribution in [3.05, 3.63) is 65.7 Å². The maximum atomic E-state index is 12.2. The Morgan fingerprint density at radius 1 is 1.00 bits per heavy atom. The van der Waals surface area contributed by atoms with Crippen LogP contribution in [0.4, 0.5) is 0 Å². The number of esters is 1. The fraction of sp³-hybridized carbons (Fsp3) is 0.263. The Morgan fingerprint density at radius 2 is 1.67 bits per heavy atom. The van der Waals surface area contributed by atoms with Gasteiger partial charge in [0.2, 0.25) is 5.91 Å². The summed E-state index contributed by atoms with van der Waals surface area (Å²) in [5.41, 5.74) is 1.71. The molecular weight excluding hydrogens is 306 g/mol. The normalized spacial score (nSPS) is 11.4. The highest BCUT2D eigenvalue weighted by atomic mass is 16.5. The van der Waals surface area contributed by atoms with E-state index in [1.165, 1.54) is 7.11 Å². The molecule has 0 bridgehead atoms. The zero-order valence-electron chi connectivity index (χ0n) is 13.8. The van der Waals surface area contributed by atoms with E-state index in [1.807, 2.05) is 54.6 Å². The van der Waals surface area contributed by atoms with Crippen LogP contribution in [0.1, 0.15) is 11.1 Å². The van der Waals surface area contributed by atoms with Gasteiger partial charge in [-0.05, 0) is 17.2 Å². The maximum absolute atomic E-state index is 12.2. The Labute approximate surface area is 141 Å². The van der Waals surface area contributed by atoms with Crippen molar-refractivity contribution in [1.29, 1.82) is 0 Å². The smallest absolute Gasteiger partial charge is 0.328 e. The van der Waals surface area contributed by atoms with E-state index in [4.69, 9.17) is 9.47 Å². The van der Waals surface area contributed by atoms with Gasteiger partial charge in [-0.3, -0.25) is 4.79 Å². The number of carbonyl (C=O) groups excluding carboxylic acids is 2. The summed E-state index contributed by atoms with van der Waals surface area (Å²) in [4.78, 5) is 24.3. The minimum absolute atomic E-state index is 0.209. The van der Waals surface area contributed by atoms with E-state index in [-0.39, 0.29) is 12.3 Å². The van der Waals surface area contributed by atoms with Gasteiger partial charge in [-0.1, -0.05) is 48.5 Å². The van der Waals surface area contributed by atoms with E-state index >= 15 is 0 Å². The lowest BCUT2D eigenvalue weighted by Crippen LogP contribution is -2.43. The fourth-order valence-electron chi connectivity index (χ4n) is 2.45. The van der Waals surface area contributed by atoms with Crippen molar-refractivity contribution < 1.29 is 19.1 Å². The molecule has 0 aliphatic rings. The summed E-state index contributed by atoms with van der Waals surface area (Å²) in [6.07, 6.45) is 0.511. The molecule has 0 radical (unpaired) electrons. The van der Waals surface area contributed by atoms with E-state index in [1.54, 1.807) is 7.11 Å². The monoisotopic (exact) mass is 327 g/mol. The molecule has 0 heterocycles. The third-order valence-corrected chi connectivity index (χ3v) is 3.64. The molecule has 0 fully saturated rings. The van der Waals surface area contributed by atoms with Gasteiger partial charge in [-0.25, -0.2) is 4.79 Å². The molecule has 0 aliphatic heterocycles. The Morgan fingerprint density at radius 3 is 2.33 bits per heavy atom. The predicted molar refractivity (Wildman–Crippen MR) is 90.8 cm³/mol. The molecule has 0 spiro atoms. The van der Waals surface area contributed by atoms with Crippen LogP contribution in [0, 0.1) is 0 Å². The predicted octanol–water partition coefficient (Wildman–Crippen LogP) is 2.14. The number of hydrogen-bond donors (Lipinski definition) is 1. The van der Waals surface area contributed by atoms with Gasteiger partial charge in [0.05, 0.1) is 20.6 Å². The lowest BCUT2D eigenvalue weighted by Gasteiger charge is -2.18. The number of nitrogens with one attached hydrogen (secondary N) is 1. The number of carbonyl (C=O) groups is 2. The molecule has 24 heavy (non-hydrogen) atoms. The van der Waals surface area contributed by atoms with Gasteiger partial charge in [0.25, 0.3) is 0 Å². The van der Waals surface area contributed by atoms with Gasteiger partial charge in [0.15, 0.2) is 0 Å². The first kappa shape index (κ1) is 17.5. The molecule has 1 amide bonds. The van der Waals surface area contributed by atoms with Gasteiger partial charge in [-0.15, -0.1) is 0 Å². The van der Waals surface area contributed by atoms with Crippen LogP contribution >= 0.6 is 0 Å². The average Bonchev–Trinajstić information content (AvgIpc) is 2.61. The minimum atomic E-state index is -0.762. The number of para-hydroxylation sites is 1. The molecule has 5 heteroatoms. The Bertz CT molecular complexity index is 685. The van der Waals surface area contributed by atoms with E-state index in [9.17, 15) is 9.59 Å². The molecule has 2 aromatic carbocycles. The summed E-state index contributed by atoms with van der Waals surface area (Å²) in [7, 11) is 2.88. The fourth-order valence-corrected chi connectivity index (χ4v) is 2.45. The van der Waals surface area contributed by atoms with Gasteiger partial charge in [-0.2, -0.15) is 0 Å². The molecule has 0 saturated heterocycles.